The third-order valence-corrected chi connectivity index (χ3v) is 10.9. The molecule has 0 bridgehead atoms. The number of nitrogens with one attached hydrogen (secondary N) is 2. The molecule has 0 radical (unpaired) electrons. The molecular formula is C29H20ClN7O12S4. The SMILES string of the molecule is O=[SH](=O)c1ccc(Nc2nc(Cl)nc(Nc3cc(S(=O)(=O)O)cc4ccc(/N=N/c5ccc6c(S(=O)(=O)O)cccc6c5S(=O)(=O)O)c(O)c34)n2)cc1. The van der Waals surface area contributed by atoms with Gasteiger partial charge in [-0.05, 0) is 71.6 Å². The molecule has 0 amide bonds. The molecule has 0 spiro atoms. The molecule has 274 valence electrons. The van der Waals surface area contributed by atoms with E-state index in [1.165, 1.54) is 36.4 Å². The molecule has 19 nitrogen and oxygen atoms in total. The van der Waals surface area contributed by atoms with Crippen LogP contribution in [0.2, 0.25) is 5.28 Å². The number of thiol groups is 1. The van der Waals surface area contributed by atoms with Crippen molar-refractivity contribution < 1.29 is 52.4 Å². The number of rotatable bonds is 10. The summed E-state index contributed by atoms with van der Waals surface area (Å²) >= 11 is 6.10. The van der Waals surface area contributed by atoms with Crippen LogP contribution in [0.15, 0.2) is 109 Å². The smallest absolute Gasteiger partial charge is 0.297 e. The third kappa shape index (κ3) is 8.01. The van der Waals surface area contributed by atoms with Gasteiger partial charge < -0.3 is 15.7 Å². The van der Waals surface area contributed by atoms with Gasteiger partial charge in [0, 0.05) is 21.8 Å². The molecule has 0 unspecified atom stereocenters. The second-order valence-corrected chi connectivity index (χ2v) is 16.2. The first-order valence-corrected chi connectivity index (χ1v) is 20.1. The van der Waals surface area contributed by atoms with Gasteiger partial charge in [0.05, 0.1) is 15.5 Å². The molecule has 0 saturated carbocycles. The van der Waals surface area contributed by atoms with Gasteiger partial charge in [-0.15, -0.1) is 10.2 Å². The maximum Gasteiger partial charge on any atom is 0.297 e. The average Bonchev–Trinajstić information content (AvgIpc) is 3.06. The first-order valence-electron chi connectivity index (χ1n) is 14.2. The van der Waals surface area contributed by atoms with E-state index >= 15 is 0 Å². The number of nitrogens with zero attached hydrogens (tertiary/aromatic N) is 5. The van der Waals surface area contributed by atoms with Gasteiger partial charge in [0.25, 0.3) is 30.4 Å². The van der Waals surface area contributed by atoms with E-state index in [4.69, 9.17) is 11.6 Å². The van der Waals surface area contributed by atoms with Crippen LogP contribution in [0.25, 0.3) is 21.5 Å². The lowest BCUT2D eigenvalue weighted by atomic mass is 10.1. The zero-order valence-corrected chi connectivity index (χ0v) is 29.9. The highest BCUT2D eigenvalue weighted by Crippen LogP contribution is 2.43. The fraction of sp³-hybridized carbons (Fsp3) is 0. The quantitative estimate of drug-likeness (QED) is 0.0534. The molecule has 0 aliphatic carbocycles. The second-order valence-electron chi connectivity index (χ2n) is 10.7. The van der Waals surface area contributed by atoms with Crippen LogP contribution < -0.4 is 10.6 Å². The predicted molar refractivity (Wildman–Crippen MR) is 190 cm³/mol. The van der Waals surface area contributed by atoms with Crippen molar-refractivity contribution in [3.05, 3.63) is 84.1 Å². The van der Waals surface area contributed by atoms with Crippen LogP contribution in [0, 0.1) is 0 Å². The first kappa shape index (κ1) is 37.4. The van der Waals surface area contributed by atoms with Gasteiger partial charge >= 0.3 is 0 Å². The minimum Gasteiger partial charge on any atom is -0.505 e. The number of benzene rings is 5. The molecule has 53 heavy (non-hydrogen) atoms. The molecule has 0 saturated heterocycles. The standard InChI is InChI=1S/C29H20ClN7O12S4/c30-27-33-28(31-15-5-7-16(8-6-15)50(39)40)35-29(34-27)32-22-13-17(51(41,42)43)12-14-4-10-20(25(38)24(14)22)36-37-21-11-9-18-19(26(21)53(47,48)49)2-1-3-23(18)52(44,45)46/h1-13,38,50H,(H,41,42,43)(H,44,45,46)(H,47,48,49)(H2,31,32,33,34,35)/b37-36+. The summed E-state index contributed by atoms with van der Waals surface area (Å²) in [4.78, 5) is 10.0. The van der Waals surface area contributed by atoms with Crippen molar-refractivity contribution in [1.29, 1.82) is 0 Å². The molecule has 1 heterocycles. The van der Waals surface area contributed by atoms with E-state index in [-0.39, 0.29) is 55.0 Å². The summed E-state index contributed by atoms with van der Waals surface area (Å²) in [6.07, 6.45) is 0. The van der Waals surface area contributed by atoms with Crippen molar-refractivity contribution in [2.24, 2.45) is 10.2 Å². The molecule has 6 aromatic rings. The van der Waals surface area contributed by atoms with Gasteiger partial charge in [-0.1, -0.05) is 24.3 Å². The molecule has 24 heteroatoms. The van der Waals surface area contributed by atoms with Gasteiger partial charge in [0.2, 0.25) is 17.2 Å². The highest BCUT2D eigenvalue weighted by atomic mass is 35.5. The van der Waals surface area contributed by atoms with Gasteiger partial charge in [-0.25, -0.2) is 8.42 Å². The summed E-state index contributed by atoms with van der Waals surface area (Å²) in [5, 5.41) is 23.6. The molecule has 6 rings (SSSR count). The van der Waals surface area contributed by atoms with Crippen molar-refractivity contribution in [1.82, 2.24) is 15.0 Å². The van der Waals surface area contributed by atoms with Crippen LogP contribution in [0.3, 0.4) is 0 Å². The Balaban J connectivity index is 1.45. The highest BCUT2D eigenvalue weighted by Gasteiger charge is 2.24. The number of anilines is 4. The normalized spacial score (nSPS) is 12.5. The van der Waals surface area contributed by atoms with Crippen LogP contribution in [0.5, 0.6) is 5.75 Å². The largest absolute Gasteiger partial charge is 0.505 e. The number of halogens is 1. The van der Waals surface area contributed by atoms with Crippen molar-refractivity contribution in [3.63, 3.8) is 0 Å². The molecule has 0 atom stereocenters. The number of aromatic hydroxyl groups is 1. The zero-order valence-electron chi connectivity index (χ0n) is 25.8. The summed E-state index contributed by atoms with van der Waals surface area (Å²) in [7, 11) is -17.6. The lowest BCUT2D eigenvalue weighted by Crippen LogP contribution is -2.05. The van der Waals surface area contributed by atoms with Crippen molar-refractivity contribution >= 4 is 109 Å². The molecule has 0 aliphatic rings. The summed E-state index contributed by atoms with van der Waals surface area (Å²) in [5.74, 6) is -1.10. The van der Waals surface area contributed by atoms with Crippen molar-refractivity contribution in [2.45, 2.75) is 19.6 Å². The predicted octanol–water partition coefficient (Wildman–Crippen LogP) is 5.15. The van der Waals surface area contributed by atoms with Gasteiger partial charge in [-0.2, -0.15) is 40.2 Å². The first-order chi connectivity index (χ1) is 24.8. The Morgan fingerprint density at radius 1 is 0.679 bits per heavy atom. The van der Waals surface area contributed by atoms with Crippen LogP contribution >= 0.6 is 11.6 Å². The monoisotopic (exact) mass is 821 g/mol. The van der Waals surface area contributed by atoms with Gasteiger partial charge in [0.1, 0.15) is 21.2 Å². The van der Waals surface area contributed by atoms with Crippen LogP contribution in [0.4, 0.5) is 34.6 Å². The Kier molecular flexibility index (Phi) is 9.77. The molecular weight excluding hydrogens is 802 g/mol. The number of phenols is 1. The van der Waals surface area contributed by atoms with E-state index in [0.29, 0.717) is 5.69 Å². The Labute approximate surface area is 305 Å². The van der Waals surface area contributed by atoms with E-state index in [9.17, 15) is 52.4 Å². The molecule has 5 aromatic carbocycles. The van der Waals surface area contributed by atoms with Crippen molar-refractivity contribution in [3.8, 4) is 5.75 Å². The van der Waals surface area contributed by atoms with Crippen LogP contribution in [0.1, 0.15) is 0 Å². The zero-order chi connectivity index (χ0) is 38.5. The second kappa shape index (κ2) is 13.9. The van der Waals surface area contributed by atoms with Crippen molar-refractivity contribution in [2.75, 3.05) is 10.6 Å². The number of hydrogen-bond donors (Lipinski definition) is 7. The Morgan fingerprint density at radius 2 is 1.32 bits per heavy atom. The topological polar surface area (TPSA) is 305 Å². The summed E-state index contributed by atoms with van der Waals surface area (Å²) in [6.45, 7) is 0. The number of azo groups is 1. The van der Waals surface area contributed by atoms with E-state index < -0.39 is 67.2 Å². The summed E-state index contributed by atoms with van der Waals surface area (Å²) in [5.41, 5.74) is -0.688. The van der Waals surface area contributed by atoms with E-state index in [0.717, 1.165) is 42.5 Å². The van der Waals surface area contributed by atoms with E-state index in [1.807, 2.05) is 0 Å². The lowest BCUT2D eigenvalue weighted by Gasteiger charge is -2.14. The minimum atomic E-state index is -5.11. The van der Waals surface area contributed by atoms with E-state index in [1.54, 1.807) is 0 Å². The third-order valence-electron chi connectivity index (χ3n) is 7.28. The maximum atomic E-state index is 12.5. The molecule has 0 aliphatic heterocycles. The van der Waals surface area contributed by atoms with Gasteiger partial charge in [0.15, 0.2) is 16.5 Å². The number of hydrogen-bond acceptors (Lipinski definition) is 16. The van der Waals surface area contributed by atoms with Gasteiger partial charge in [-0.3, -0.25) is 13.7 Å². The molecule has 1 aromatic heterocycles. The highest BCUT2D eigenvalue weighted by molar-refractivity contribution is 7.86. The van der Waals surface area contributed by atoms with Crippen LogP contribution in [-0.4, -0.2) is 67.4 Å². The van der Waals surface area contributed by atoms with E-state index in [2.05, 4.69) is 35.8 Å². The number of phenolic OH excluding ortho intramolecular Hbond substituents is 1. The fourth-order valence-electron chi connectivity index (χ4n) is 5.09. The minimum absolute atomic E-state index is 0.0245. The lowest BCUT2D eigenvalue weighted by molar-refractivity contribution is 0.480. The van der Waals surface area contributed by atoms with Crippen LogP contribution in [-0.2, 0) is 41.1 Å². The Hall–Kier alpha value is -5.40. The molecule has 6 N–H and O–H groups in total. The Bertz CT molecular complexity index is 2940. The summed E-state index contributed by atoms with van der Waals surface area (Å²) in [6, 6.07) is 15.3. The Morgan fingerprint density at radius 3 is 1.94 bits per heavy atom. The summed E-state index contributed by atoms with van der Waals surface area (Å²) < 4.78 is 125. The fourth-order valence-corrected chi connectivity index (χ4v) is 7.72. The average molecular weight is 822 g/mol. The number of fused-ring (bicyclic) bond motifs is 2. The maximum absolute atomic E-state index is 12.5. The molecule has 0 fully saturated rings. The number of aromatic nitrogens is 3.